The molecule has 1 aromatic rings. The van der Waals surface area contributed by atoms with Crippen molar-refractivity contribution < 1.29 is 9.53 Å². The van der Waals surface area contributed by atoms with Crippen LogP contribution >= 0.6 is 0 Å². The summed E-state index contributed by atoms with van der Waals surface area (Å²) >= 11 is 0. The highest BCUT2D eigenvalue weighted by molar-refractivity contribution is 5.68. The van der Waals surface area contributed by atoms with Crippen molar-refractivity contribution in [1.82, 2.24) is 15.5 Å². The first-order valence-electron chi connectivity index (χ1n) is 9.13. The second-order valence-corrected chi connectivity index (χ2v) is 8.67. The van der Waals surface area contributed by atoms with Crippen LogP contribution in [0.1, 0.15) is 66.0 Å². The largest absolute Gasteiger partial charge is 0.444 e. The van der Waals surface area contributed by atoms with Gasteiger partial charge in [-0.05, 0) is 78.4 Å². The quantitative estimate of drug-likeness (QED) is 0.806. The van der Waals surface area contributed by atoms with Gasteiger partial charge in [-0.15, -0.1) is 5.10 Å². The van der Waals surface area contributed by atoms with Crippen LogP contribution in [0, 0.1) is 12.8 Å². The van der Waals surface area contributed by atoms with E-state index >= 15 is 0 Å². The first kappa shape index (κ1) is 19.5. The van der Waals surface area contributed by atoms with E-state index in [4.69, 9.17) is 4.74 Å². The Balaban J connectivity index is 2.05. The van der Waals surface area contributed by atoms with Gasteiger partial charge in [0.1, 0.15) is 11.4 Å². The van der Waals surface area contributed by atoms with Crippen LogP contribution in [-0.4, -0.2) is 33.5 Å². The highest BCUT2D eigenvalue weighted by Gasteiger charge is 2.35. The number of anilines is 1. The maximum atomic E-state index is 12.3. The zero-order valence-electron chi connectivity index (χ0n) is 16.3. The SMILES string of the molecule is Cc1ccc(N[C@@H]2C[C@@H](C)CC[C@](C)(NC(=O)OC(C)(C)C)C2)nn1. The van der Waals surface area contributed by atoms with E-state index in [0.717, 1.165) is 37.2 Å². The minimum Gasteiger partial charge on any atom is -0.444 e. The molecule has 1 fully saturated rings. The van der Waals surface area contributed by atoms with E-state index in [-0.39, 0.29) is 17.7 Å². The van der Waals surface area contributed by atoms with Crippen LogP contribution in [0.5, 0.6) is 0 Å². The molecule has 1 aromatic heterocycles. The lowest BCUT2D eigenvalue weighted by Crippen LogP contribution is -2.49. The number of ether oxygens (including phenoxy) is 1. The van der Waals surface area contributed by atoms with E-state index in [1.807, 2.05) is 39.8 Å². The molecule has 6 nitrogen and oxygen atoms in total. The third-order valence-corrected chi connectivity index (χ3v) is 4.53. The van der Waals surface area contributed by atoms with E-state index in [9.17, 15) is 4.79 Å². The van der Waals surface area contributed by atoms with Crippen molar-refractivity contribution in [3.8, 4) is 0 Å². The van der Waals surface area contributed by atoms with Crippen LogP contribution < -0.4 is 10.6 Å². The minimum absolute atomic E-state index is 0.231. The van der Waals surface area contributed by atoms with Gasteiger partial charge in [0.25, 0.3) is 0 Å². The van der Waals surface area contributed by atoms with Gasteiger partial charge in [0.2, 0.25) is 0 Å². The molecular formula is C19H32N4O2. The summed E-state index contributed by atoms with van der Waals surface area (Å²) in [5, 5.41) is 14.9. The van der Waals surface area contributed by atoms with E-state index in [1.165, 1.54) is 0 Å². The van der Waals surface area contributed by atoms with Crippen LogP contribution in [0.25, 0.3) is 0 Å². The summed E-state index contributed by atoms with van der Waals surface area (Å²) in [5.41, 5.74) is 0.104. The van der Waals surface area contributed by atoms with Gasteiger partial charge in [-0.3, -0.25) is 0 Å². The highest BCUT2D eigenvalue weighted by Crippen LogP contribution is 2.32. The lowest BCUT2D eigenvalue weighted by Gasteiger charge is -2.33. The molecule has 2 rings (SSSR count). The standard InChI is InChI=1S/C19H32N4O2/c1-13-9-10-19(6,21-17(24)25-18(3,4)5)12-15(11-13)20-16-8-7-14(2)22-23-16/h7-8,13,15H,9-12H2,1-6H3,(H,20,23)(H,21,24)/t13-,15+,19-/m0/s1. The Kier molecular flexibility index (Phi) is 5.91. The number of rotatable bonds is 3. The number of nitrogens with zero attached hydrogens (tertiary/aromatic N) is 2. The Labute approximate surface area is 151 Å². The zero-order valence-corrected chi connectivity index (χ0v) is 16.3. The summed E-state index contributed by atoms with van der Waals surface area (Å²) in [4.78, 5) is 12.3. The third-order valence-electron chi connectivity index (χ3n) is 4.53. The van der Waals surface area contributed by atoms with Gasteiger partial charge in [0, 0.05) is 11.6 Å². The van der Waals surface area contributed by atoms with Crippen LogP contribution in [0.4, 0.5) is 10.6 Å². The predicted molar refractivity (Wildman–Crippen MR) is 99.6 cm³/mol. The Hall–Kier alpha value is -1.85. The molecule has 0 aliphatic heterocycles. The van der Waals surface area contributed by atoms with E-state index < -0.39 is 5.60 Å². The van der Waals surface area contributed by atoms with Gasteiger partial charge in [-0.25, -0.2) is 4.79 Å². The maximum Gasteiger partial charge on any atom is 0.408 e. The number of carbonyl (C=O) groups excluding carboxylic acids is 1. The number of carbonyl (C=O) groups is 1. The molecule has 25 heavy (non-hydrogen) atoms. The predicted octanol–water partition coefficient (Wildman–Crippen LogP) is 4.06. The van der Waals surface area contributed by atoms with Crippen molar-refractivity contribution in [2.75, 3.05) is 5.32 Å². The van der Waals surface area contributed by atoms with Crippen LogP contribution in [-0.2, 0) is 4.74 Å². The van der Waals surface area contributed by atoms with E-state index in [1.54, 1.807) is 0 Å². The second-order valence-electron chi connectivity index (χ2n) is 8.67. The molecule has 1 heterocycles. The number of alkyl carbamates (subject to hydrolysis) is 1. The zero-order chi connectivity index (χ0) is 18.7. The van der Waals surface area contributed by atoms with E-state index in [2.05, 4.69) is 34.7 Å². The fraction of sp³-hybridized carbons (Fsp3) is 0.737. The Morgan fingerprint density at radius 1 is 1.32 bits per heavy atom. The fourth-order valence-corrected chi connectivity index (χ4v) is 3.36. The fourth-order valence-electron chi connectivity index (χ4n) is 3.36. The molecule has 0 unspecified atom stereocenters. The molecule has 1 aliphatic carbocycles. The number of aromatic nitrogens is 2. The molecule has 1 saturated carbocycles. The second kappa shape index (κ2) is 7.58. The summed E-state index contributed by atoms with van der Waals surface area (Å²) in [5.74, 6) is 1.36. The first-order valence-corrected chi connectivity index (χ1v) is 9.13. The lowest BCUT2D eigenvalue weighted by atomic mass is 9.91. The molecule has 0 bridgehead atoms. The number of hydrogen-bond acceptors (Lipinski definition) is 5. The summed E-state index contributed by atoms with van der Waals surface area (Å²) in [6.45, 7) is 11.9. The number of amides is 1. The monoisotopic (exact) mass is 348 g/mol. The molecule has 3 atom stereocenters. The molecule has 1 aliphatic rings. The molecule has 1 amide bonds. The first-order chi connectivity index (χ1) is 11.5. The number of aryl methyl sites for hydroxylation is 1. The van der Waals surface area contributed by atoms with Crippen molar-refractivity contribution in [1.29, 1.82) is 0 Å². The Bertz CT molecular complexity index is 582. The highest BCUT2D eigenvalue weighted by atomic mass is 16.6. The van der Waals surface area contributed by atoms with Crippen molar-refractivity contribution in [2.24, 2.45) is 5.92 Å². The van der Waals surface area contributed by atoms with Gasteiger partial charge in [0.15, 0.2) is 0 Å². The van der Waals surface area contributed by atoms with Crippen LogP contribution in [0.15, 0.2) is 12.1 Å². The smallest absolute Gasteiger partial charge is 0.408 e. The van der Waals surface area contributed by atoms with E-state index in [0.29, 0.717) is 5.92 Å². The molecule has 0 spiro atoms. The van der Waals surface area contributed by atoms with Gasteiger partial charge in [0.05, 0.1) is 5.69 Å². The normalized spacial score (nSPS) is 27.3. The summed E-state index contributed by atoms with van der Waals surface area (Å²) in [6.07, 6.45) is 3.53. The van der Waals surface area contributed by atoms with Crippen molar-refractivity contribution >= 4 is 11.9 Å². The molecule has 0 saturated heterocycles. The van der Waals surface area contributed by atoms with Crippen molar-refractivity contribution in [2.45, 2.75) is 84.4 Å². The summed E-state index contributed by atoms with van der Waals surface area (Å²) in [7, 11) is 0. The molecular weight excluding hydrogens is 316 g/mol. The molecule has 140 valence electrons. The third kappa shape index (κ3) is 6.52. The minimum atomic E-state index is -0.492. The molecule has 6 heteroatoms. The molecule has 0 aromatic carbocycles. The summed E-state index contributed by atoms with van der Waals surface area (Å²) < 4.78 is 5.45. The average Bonchev–Trinajstić information content (AvgIpc) is 2.58. The van der Waals surface area contributed by atoms with Crippen molar-refractivity contribution in [3.05, 3.63) is 17.8 Å². The Morgan fingerprint density at radius 3 is 2.64 bits per heavy atom. The van der Waals surface area contributed by atoms with Gasteiger partial charge < -0.3 is 15.4 Å². The summed E-state index contributed by atoms with van der Waals surface area (Å²) in [6, 6.07) is 4.14. The Morgan fingerprint density at radius 2 is 2.04 bits per heavy atom. The van der Waals surface area contributed by atoms with Gasteiger partial charge >= 0.3 is 6.09 Å². The molecule has 2 N–H and O–H groups in total. The van der Waals surface area contributed by atoms with Crippen LogP contribution in [0.2, 0.25) is 0 Å². The lowest BCUT2D eigenvalue weighted by molar-refractivity contribution is 0.0452. The maximum absolute atomic E-state index is 12.3. The molecule has 0 radical (unpaired) electrons. The topological polar surface area (TPSA) is 76.1 Å². The number of nitrogens with one attached hydrogen (secondary N) is 2. The van der Waals surface area contributed by atoms with Gasteiger partial charge in [-0.2, -0.15) is 5.10 Å². The number of hydrogen-bond donors (Lipinski definition) is 2. The van der Waals surface area contributed by atoms with Crippen LogP contribution in [0.3, 0.4) is 0 Å². The average molecular weight is 348 g/mol. The van der Waals surface area contributed by atoms with Crippen molar-refractivity contribution in [3.63, 3.8) is 0 Å². The van der Waals surface area contributed by atoms with Gasteiger partial charge in [-0.1, -0.05) is 6.92 Å².